The Morgan fingerprint density at radius 3 is 1.57 bits per heavy atom. The number of rotatable bonds is 0. The maximum absolute atomic E-state index is 9.90. The number of hydrogen-bond acceptors (Lipinski definition) is 1. The van der Waals surface area contributed by atoms with E-state index in [-0.39, 0.29) is 0 Å². The highest BCUT2D eigenvalue weighted by Gasteiger charge is 2.09. The molecule has 0 spiro atoms. The van der Waals surface area contributed by atoms with Crippen LogP contribution in [0, 0.1) is 0 Å². The van der Waals surface area contributed by atoms with Gasteiger partial charge < -0.3 is 0 Å². The molecule has 0 radical (unpaired) electrons. The maximum Gasteiger partial charge on any atom is 0.132 e. The van der Waals surface area contributed by atoms with E-state index in [2.05, 4.69) is 0 Å². The van der Waals surface area contributed by atoms with E-state index in [1.54, 1.807) is 0 Å². The predicted octanol–water partition coefficient (Wildman–Crippen LogP) is 1.77. The molecule has 0 aromatic carbocycles. The van der Waals surface area contributed by atoms with E-state index >= 15 is 0 Å². The van der Waals surface area contributed by atoms with E-state index in [0.717, 1.165) is 19.3 Å². The average molecular weight is 100 g/mol. The van der Waals surface area contributed by atoms with Gasteiger partial charge >= 0.3 is 0 Å². The molecule has 42 valence electrons. The van der Waals surface area contributed by atoms with Crippen molar-refractivity contribution < 1.29 is 4.79 Å². The van der Waals surface area contributed by atoms with Crippen LogP contribution in [0.5, 0.6) is 0 Å². The fourth-order valence-corrected chi connectivity index (χ4v) is 0.321. The van der Waals surface area contributed by atoms with Gasteiger partial charge in [-0.2, -0.15) is 0 Å². The van der Waals surface area contributed by atoms with Crippen molar-refractivity contribution in [1.29, 1.82) is 0 Å². The number of hydrogen-bond donors (Lipinski definition) is 0. The van der Waals surface area contributed by atoms with Crippen LogP contribution in [0.15, 0.2) is 0 Å². The molecule has 1 aliphatic rings. The Balaban J connectivity index is 0.000000162. The van der Waals surface area contributed by atoms with Crippen LogP contribution in [0.4, 0.5) is 0 Å². The zero-order valence-electron chi connectivity index (χ0n) is 5.03. The molecule has 1 heteroatoms. The highest BCUT2D eigenvalue weighted by molar-refractivity contribution is 5.83. The van der Waals surface area contributed by atoms with Crippen molar-refractivity contribution in [2.45, 2.75) is 33.1 Å². The second-order valence-corrected chi connectivity index (χ2v) is 1.39. The molecule has 0 atom stereocenters. The van der Waals surface area contributed by atoms with Crippen LogP contribution in [-0.4, -0.2) is 5.78 Å². The summed E-state index contributed by atoms with van der Waals surface area (Å²) in [5, 5.41) is 0. The summed E-state index contributed by atoms with van der Waals surface area (Å²) in [4.78, 5) is 9.90. The average Bonchev–Trinajstić information content (AvgIpc) is 1.68. The monoisotopic (exact) mass is 100 g/mol. The van der Waals surface area contributed by atoms with Gasteiger partial charge in [0.25, 0.3) is 0 Å². The van der Waals surface area contributed by atoms with Crippen molar-refractivity contribution in [3.63, 3.8) is 0 Å². The molecule has 0 amide bonds. The topological polar surface area (TPSA) is 17.1 Å². The molecule has 0 aromatic rings. The van der Waals surface area contributed by atoms with E-state index in [4.69, 9.17) is 0 Å². The number of carbonyl (C=O) groups excluding carboxylic acids is 1. The second kappa shape index (κ2) is 3.85. The molecule has 0 unspecified atom stereocenters. The molecule has 1 aliphatic carbocycles. The summed E-state index contributed by atoms with van der Waals surface area (Å²) in [6.45, 7) is 4.00. The molecule has 1 fully saturated rings. The van der Waals surface area contributed by atoms with Crippen LogP contribution in [0.3, 0.4) is 0 Å². The lowest BCUT2D eigenvalue weighted by Crippen LogP contribution is -2.07. The number of carbonyl (C=O) groups is 1. The molecule has 0 bridgehead atoms. The standard InChI is InChI=1S/C4H6O.C2H6/c5-4-2-1-3-4;1-2/h1-3H2;1-2H3. The third kappa shape index (κ3) is 2.38. The number of ketones is 1. The van der Waals surface area contributed by atoms with Crippen molar-refractivity contribution in [1.82, 2.24) is 0 Å². The summed E-state index contributed by atoms with van der Waals surface area (Å²) in [7, 11) is 0. The highest BCUT2D eigenvalue weighted by atomic mass is 16.1. The maximum atomic E-state index is 9.90. The Bertz CT molecular complexity index is 51.2. The van der Waals surface area contributed by atoms with Crippen LogP contribution >= 0.6 is 0 Å². The second-order valence-electron chi connectivity index (χ2n) is 1.39. The van der Waals surface area contributed by atoms with E-state index in [1.807, 2.05) is 13.8 Å². The van der Waals surface area contributed by atoms with Gasteiger partial charge in [0, 0.05) is 12.8 Å². The zero-order valence-corrected chi connectivity index (χ0v) is 5.03. The van der Waals surface area contributed by atoms with Gasteiger partial charge in [0.1, 0.15) is 5.78 Å². The van der Waals surface area contributed by atoms with E-state index in [9.17, 15) is 4.79 Å². The predicted molar refractivity (Wildman–Crippen MR) is 30.2 cm³/mol. The highest BCUT2D eigenvalue weighted by Crippen LogP contribution is 2.10. The van der Waals surface area contributed by atoms with Crippen LogP contribution in [0.1, 0.15) is 33.1 Å². The lowest BCUT2D eigenvalue weighted by Gasteiger charge is -2.05. The summed E-state index contributed by atoms with van der Waals surface area (Å²) < 4.78 is 0. The normalized spacial score (nSPS) is 16.6. The fourth-order valence-electron chi connectivity index (χ4n) is 0.321. The largest absolute Gasteiger partial charge is 0.300 e. The smallest absolute Gasteiger partial charge is 0.132 e. The molecule has 1 saturated carbocycles. The van der Waals surface area contributed by atoms with Crippen molar-refractivity contribution in [2.24, 2.45) is 0 Å². The van der Waals surface area contributed by atoms with Gasteiger partial charge in [0.15, 0.2) is 0 Å². The Labute approximate surface area is 44.7 Å². The molecule has 1 nitrogen and oxygen atoms in total. The third-order valence-electron chi connectivity index (χ3n) is 0.911. The summed E-state index contributed by atoms with van der Waals surface area (Å²) in [6, 6.07) is 0. The molecule has 0 saturated heterocycles. The lowest BCUT2D eigenvalue weighted by molar-refractivity contribution is -0.123. The van der Waals surface area contributed by atoms with Gasteiger partial charge in [-0.1, -0.05) is 13.8 Å². The molecule has 7 heavy (non-hydrogen) atoms. The van der Waals surface area contributed by atoms with Gasteiger partial charge in [-0.25, -0.2) is 0 Å². The third-order valence-corrected chi connectivity index (χ3v) is 0.911. The Kier molecular flexibility index (Phi) is 3.67. The van der Waals surface area contributed by atoms with E-state index < -0.39 is 0 Å². The van der Waals surface area contributed by atoms with Crippen molar-refractivity contribution >= 4 is 5.78 Å². The molecule has 1 rings (SSSR count). The molecule has 0 N–H and O–H groups in total. The summed E-state index contributed by atoms with van der Waals surface area (Å²) in [6.07, 6.45) is 2.83. The SMILES string of the molecule is CC.O=C1CCC1. The van der Waals surface area contributed by atoms with Gasteiger partial charge in [-0.05, 0) is 6.42 Å². The first-order valence-electron chi connectivity index (χ1n) is 2.91. The Morgan fingerprint density at radius 1 is 1.29 bits per heavy atom. The molecular formula is C6H12O. The zero-order chi connectivity index (χ0) is 5.70. The lowest BCUT2D eigenvalue weighted by atomic mass is 9.99. The Hall–Kier alpha value is -0.330. The molecule has 0 heterocycles. The Morgan fingerprint density at radius 2 is 1.57 bits per heavy atom. The quantitative estimate of drug-likeness (QED) is 0.453. The van der Waals surface area contributed by atoms with Gasteiger partial charge in [-0.15, -0.1) is 0 Å². The fraction of sp³-hybridized carbons (Fsp3) is 0.833. The summed E-state index contributed by atoms with van der Waals surface area (Å²) >= 11 is 0. The first-order valence-corrected chi connectivity index (χ1v) is 2.91. The first kappa shape index (κ1) is 6.67. The van der Waals surface area contributed by atoms with Crippen molar-refractivity contribution in [3.8, 4) is 0 Å². The molecular weight excluding hydrogens is 88.1 g/mol. The van der Waals surface area contributed by atoms with Crippen molar-refractivity contribution in [3.05, 3.63) is 0 Å². The first-order chi connectivity index (χ1) is 3.39. The minimum Gasteiger partial charge on any atom is -0.300 e. The van der Waals surface area contributed by atoms with Crippen molar-refractivity contribution in [2.75, 3.05) is 0 Å². The van der Waals surface area contributed by atoms with Gasteiger partial charge in [0.2, 0.25) is 0 Å². The summed E-state index contributed by atoms with van der Waals surface area (Å²) in [5.41, 5.74) is 0. The van der Waals surface area contributed by atoms with Crippen LogP contribution in [-0.2, 0) is 4.79 Å². The molecule has 0 aromatic heterocycles. The minimum atomic E-state index is 0.435. The van der Waals surface area contributed by atoms with Gasteiger partial charge in [0.05, 0.1) is 0 Å². The van der Waals surface area contributed by atoms with Crippen LogP contribution in [0.25, 0.3) is 0 Å². The van der Waals surface area contributed by atoms with E-state index in [0.29, 0.717) is 5.78 Å². The van der Waals surface area contributed by atoms with Crippen LogP contribution in [0.2, 0.25) is 0 Å². The molecule has 0 aliphatic heterocycles. The summed E-state index contributed by atoms with van der Waals surface area (Å²) in [5.74, 6) is 0.435. The van der Waals surface area contributed by atoms with Crippen LogP contribution < -0.4 is 0 Å². The minimum absolute atomic E-state index is 0.435. The van der Waals surface area contributed by atoms with E-state index in [1.165, 1.54) is 0 Å². The number of Topliss-reactive ketones (excluding diaryl/α,β-unsaturated/α-hetero) is 1. The van der Waals surface area contributed by atoms with Gasteiger partial charge in [-0.3, -0.25) is 4.79 Å².